The zero-order chi connectivity index (χ0) is 25.7. The molecule has 1 amide bonds. The first kappa shape index (κ1) is 24.4. The van der Waals surface area contributed by atoms with Crippen molar-refractivity contribution in [3.05, 3.63) is 95.4 Å². The van der Waals surface area contributed by atoms with Crippen molar-refractivity contribution in [2.75, 3.05) is 13.6 Å². The minimum absolute atomic E-state index is 0.156. The van der Waals surface area contributed by atoms with Crippen LogP contribution in [0, 0.1) is 23.7 Å². The lowest BCUT2D eigenvalue weighted by molar-refractivity contribution is 0.0812. The van der Waals surface area contributed by atoms with Crippen LogP contribution in [-0.2, 0) is 12.0 Å². The lowest BCUT2D eigenvalue weighted by Gasteiger charge is -2.20. The second-order valence-corrected chi connectivity index (χ2v) is 8.81. The summed E-state index contributed by atoms with van der Waals surface area (Å²) < 4.78 is 6.03. The summed E-state index contributed by atoms with van der Waals surface area (Å²) >= 11 is 0. The van der Waals surface area contributed by atoms with Gasteiger partial charge in [0.2, 0.25) is 11.8 Å². The first-order valence-electron chi connectivity index (χ1n) is 11.3. The summed E-state index contributed by atoms with van der Waals surface area (Å²) in [6.45, 7) is 1.99. The van der Waals surface area contributed by atoms with Crippen LogP contribution >= 0.6 is 0 Å². The van der Waals surface area contributed by atoms with Crippen LogP contribution in [0.15, 0.2) is 77.2 Å². The van der Waals surface area contributed by atoms with Gasteiger partial charge >= 0.3 is 0 Å². The number of amides is 1. The van der Waals surface area contributed by atoms with E-state index < -0.39 is 5.54 Å². The van der Waals surface area contributed by atoms with E-state index in [9.17, 15) is 10.1 Å². The largest absolute Gasteiger partial charge is 0.419 e. The molecule has 0 aliphatic heterocycles. The molecule has 0 saturated heterocycles. The minimum Gasteiger partial charge on any atom is -0.419 e. The average molecular weight is 476 g/mol. The van der Waals surface area contributed by atoms with Crippen molar-refractivity contribution in [3.63, 3.8) is 0 Å². The van der Waals surface area contributed by atoms with E-state index in [-0.39, 0.29) is 24.2 Å². The highest BCUT2D eigenvalue weighted by Gasteiger charge is 2.29. The summed E-state index contributed by atoms with van der Waals surface area (Å²) in [5.74, 6) is 2.71. The number of rotatable bonds is 7. The molecule has 1 heterocycles. The third kappa shape index (κ3) is 5.17. The van der Waals surface area contributed by atoms with E-state index in [0.29, 0.717) is 34.2 Å². The van der Waals surface area contributed by atoms with Crippen LogP contribution in [-0.4, -0.2) is 34.6 Å². The molecule has 0 saturated carbocycles. The first-order valence-corrected chi connectivity index (χ1v) is 11.3. The smallest absolute Gasteiger partial charge is 0.254 e. The van der Waals surface area contributed by atoms with Crippen molar-refractivity contribution in [1.82, 2.24) is 15.1 Å². The second kappa shape index (κ2) is 10.3. The number of nitrogens with zero attached hydrogens (tertiary/aromatic N) is 4. The van der Waals surface area contributed by atoms with Gasteiger partial charge in [0.15, 0.2) is 0 Å². The maximum absolute atomic E-state index is 13.1. The van der Waals surface area contributed by atoms with Crippen molar-refractivity contribution in [2.24, 2.45) is 5.73 Å². The molecule has 1 aromatic heterocycles. The zero-order valence-corrected chi connectivity index (χ0v) is 20.1. The van der Waals surface area contributed by atoms with Crippen LogP contribution < -0.4 is 5.73 Å². The van der Waals surface area contributed by atoms with Gasteiger partial charge in [0.05, 0.1) is 23.7 Å². The lowest BCUT2D eigenvalue weighted by Crippen LogP contribution is -2.35. The van der Waals surface area contributed by atoms with E-state index in [1.54, 1.807) is 31.3 Å². The Bertz CT molecular complexity index is 1480. The molecule has 4 rings (SSSR count). The number of hydrogen-bond donors (Lipinski definition) is 1. The normalized spacial score (nSPS) is 12.2. The third-order valence-corrected chi connectivity index (χ3v) is 5.79. The Hall–Kier alpha value is -4.72. The van der Waals surface area contributed by atoms with Crippen molar-refractivity contribution < 1.29 is 9.21 Å². The van der Waals surface area contributed by atoms with Gasteiger partial charge in [-0.3, -0.25) is 4.79 Å². The van der Waals surface area contributed by atoms with Gasteiger partial charge < -0.3 is 15.1 Å². The molecule has 7 heteroatoms. The Morgan fingerprint density at radius 3 is 2.50 bits per heavy atom. The van der Waals surface area contributed by atoms with E-state index in [1.165, 1.54) is 4.90 Å². The molecular weight excluding hydrogens is 450 g/mol. The van der Waals surface area contributed by atoms with Crippen molar-refractivity contribution in [3.8, 4) is 41.0 Å². The number of carbonyl (C=O) groups excluding carboxylic acids is 1. The second-order valence-electron chi connectivity index (χ2n) is 8.81. The molecule has 2 N–H and O–H groups in total. The number of benzene rings is 3. The van der Waals surface area contributed by atoms with Crippen molar-refractivity contribution in [2.45, 2.75) is 18.9 Å². The fourth-order valence-corrected chi connectivity index (χ4v) is 3.96. The molecule has 1 atom stereocenters. The van der Waals surface area contributed by atoms with E-state index in [2.05, 4.69) is 22.2 Å². The lowest BCUT2D eigenvalue weighted by atomic mass is 9.94. The topological polar surface area (TPSA) is 109 Å². The van der Waals surface area contributed by atoms with Crippen LogP contribution in [0.1, 0.15) is 34.3 Å². The standard InChI is InChI=1S/C29H25N5O2/c1-4-14-34(3)27(35)24-16-22(25-13-9-8-12-21(25)19-30)15-23(17-24)26-32-33-28(36-26)29(2,31)18-20-10-6-5-7-11-20/h1,5-13,15-17H,14,18,31H2,2-3H3/t29-/m1/s1. The molecule has 0 fully saturated rings. The van der Waals surface area contributed by atoms with Gasteiger partial charge in [0, 0.05) is 18.2 Å². The molecule has 4 aromatic rings. The van der Waals surface area contributed by atoms with Crippen LogP contribution in [0.2, 0.25) is 0 Å². The molecule has 0 unspecified atom stereocenters. The van der Waals surface area contributed by atoms with Gasteiger partial charge in [0.1, 0.15) is 0 Å². The van der Waals surface area contributed by atoms with Crippen LogP contribution in [0.5, 0.6) is 0 Å². The average Bonchev–Trinajstić information content (AvgIpc) is 3.40. The molecule has 0 spiro atoms. The first-order chi connectivity index (χ1) is 17.3. The molecule has 0 aliphatic carbocycles. The molecule has 7 nitrogen and oxygen atoms in total. The summed E-state index contributed by atoms with van der Waals surface area (Å²) in [5, 5.41) is 18.1. The van der Waals surface area contributed by atoms with Crippen LogP contribution in [0.3, 0.4) is 0 Å². The predicted octanol–water partition coefficient (Wildman–Crippen LogP) is 4.40. The monoisotopic (exact) mass is 475 g/mol. The highest BCUT2D eigenvalue weighted by molar-refractivity contribution is 5.97. The van der Waals surface area contributed by atoms with E-state index >= 15 is 0 Å². The van der Waals surface area contributed by atoms with E-state index in [4.69, 9.17) is 16.6 Å². The van der Waals surface area contributed by atoms with Gasteiger partial charge in [0.25, 0.3) is 5.91 Å². The summed E-state index contributed by atoms with van der Waals surface area (Å²) in [6.07, 6.45) is 5.90. The highest BCUT2D eigenvalue weighted by Crippen LogP contribution is 2.32. The summed E-state index contributed by atoms with van der Waals surface area (Å²) in [7, 11) is 1.63. The number of terminal acetylenes is 1. The van der Waals surface area contributed by atoms with Gasteiger partial charge in [-0.25, -0.2) is 0 Å². The van der Waals surface area contributed by atoms with Gasteiger partial charge in [-0.15, -0.1) is 16.6 Å². The molecule has 36 heavy (non-hydrogen) atoms. The molecule has 0 radical (unpaired) electrons. The molecule has 0 bridgehead atoms. The molecular formula is C29H25N5O2. The number of nitrogens with two attached hydrogens (primary N) is 1. The Morgan fingerprint density at radius 2 is 1.78 bits per heavy atom. The van der Waals surface area contributed by atoms with E-state index in [1.807, 2.05) is 55.5 Å². The highest BCUT2D eigenvalue weighted by atomic mass is 16.4. The number of nitriles is 1. The van der Waals surface area contributed by atoms with Crippen LogP contribution in [0.25, 0.3) is 22.6 Å². The zero-order valence-electron chi connectivity index (χ0n) is 20.1. The predicted molar refractivity (Wildman–Crippen MR) is 137 cm³/mol. The summed E-state index contributed by atoms with van der Waals surface area (Å²) in [4.78, 5) is 14.5. The third-order valence-electron chi connectivity index (χ3n) is 5.79. The SMILES string of the molecule is C#CCN(C)C(=O)c1cc(-c2nnc([C@](C)(N)Cc3ccccc3)o2)cc(-c2ccccc2C#N)c1. The quantitative estimate of drug-likeness (QED) is 0.397. The minimum atomic E-state index is -0.900. The molecule has 0 aliphatic rings. The van der Waals surface area contributed by atoms with Gasteiger partial charge in [-0.1, -0.05) is 54.5 Å². The number of hydrogen-bond acceptors (Lipinski definition) is 6. The Balaban J connectivity index is 1.78. The van der Waals surface area contributed by atoms with Gasteiger partial charge in [-0.05, 0) is 54.3 Å². The number of aromatic nitrogens is 2. The van der Waals surface area contributed by atoms with E-state index in [0.717, 1.165) is 5.56 Å². The Kier molecular flexibility index (Phi) is 6.96. The maximum Gasteiger partial charge on any atom is 0.254 e. The summed E-state index contributed by atoms with van der Waals surface area (Å²) in [5.41, 5.74) is 9.45. The summed E-state index contributed by atoms with van der Waals surface area (Å²) in [6, 6.07) is 24.4. The Labute approximate surface area is 210 Å². The van der Waals surface area contributed by atoms with Gasteiger partial charge in [-0.2, -0.15) is 5.26 Å². The number of carbonyl (C=O) groups is 1. The fraction of sp³-hybridized carbons (Fsp3) is 0.172. The fourth-order valence-electron chi connectivity index (χ4n) is 3.96. The van der Waals surface area contributed by atoms with Crippen molar-refractivity contribution >= 4 is 5.91 Å². The maximum atomic E-state index is 13.1. The Morgan fingerprint density at radius 1 is 1.08 bits per heavy atom. The van der Waals surface area contributed by atoms with Crippen molar-refractivity contribution in [1.29, 1.82) is 5.26 Å². The molecule has 178 valence electrons. The van der Waals surface area contributed by atoms with Crippen LogP contribution in [0.4, 0.5) is 0 Å². The molecule has 3 aromatic carbocycles.